The first-order valence-electron chi connectivity index (χ1n) is 6.08. The van der Waals surface area contributed by atoms with E-state index >= 15 is 0 Å². The summed E-state index contributed by atoms with van der Waals surface area (Å²) in [7, 11) is 0. The molecule has 0 aliphatic carbocycles. The first kappa shape index (κ1) is 14.2. The molecule has 15 heavy (non-hydrogen) atoms. The van der Waals surface area contributed by atoms with E-state index in [1.807, 2.05) is 4.90 Å². The highest BCUT2D eigenvalue weighted by molar-refractivity contribution is 5.82. The third-order valence-electron chi connectivity index (χ3n) is 2.50. The molecule has 0 atom stereocenters. The Hall–Kier alpha value is -0.790. The van der Waals surface area contributed by atoms with Gasteiger partial charge in [0.05, 0.1) is 0 Å². The first-order valence-corrected chi connectivity index (χ1v) is 6.08. The Labute approximate surface area is 94.4 Å². The van der Waals surface area contributed by atoms with Crippen LogP contribution in [0.1, 0.15) is 52.4 Å². The molecule has 0 spiro atoms. The third-order valence-corrected chi connectivity index (χ3v) is 2.50. The Balaban J connectivity index is 3.84. The van der Waals surface area contributed by atoms with Crippen LogP contribution >= 0.6 is 0 Å². The number of hydrogen-bond acceptors (Lipinski definition) is 1. The van der Waals surface area contributed by atoms with Crippen LogP contribution in [0, 0.1) is 6.08 Å². The zero-order chi connectivity index (χ0) is 11.5. The lowest BCUT2D eigenvalue weighted by molar-refractivity contribution is -0.126. The van der Waals surface area contributed by atoms with E-state index in [-0.39, 0.29) is 5.91 Å². The van der Waals surface area contributed by atoms with Gasteiger partial charge in [-0.15, -0.1) is 0 Å². The summed E-state index contributed by atoms with van der Waals surface area (Å²) in [6.45, 7) is 9.48. The van der Waals surface area contributed by atoms with Gasteiger partial charge in [-0.3, -0.25) is 4.79 Å². The van der Waals surface area contributed by atoms with Gasteiger partial charge in [-0.05, 0) is 12.8 Å². The summed E-state index contributed by atoms with van der Waals surface area (Å²) in [6.07, 6.45) is 9.40. The molecular weight excluding hydrogens is 186 g/mol. The van der Waals surface area contributed by atoms with Crippen molar-refractivity contribution in [1.29, 1.82) is 0 Å². The average molecular weight is 210 g/mol. The van der Waals surface area contributed by atoms with Crippen LogP contribution in [-0.2, 0) is 4.79 Å². The van der Waals surface area contributed by atoms with Crippen LogP contribution in [0.2, 0.25) is 0 Å². The summed E-state index contributed by atoms with van der Waals surface area (Å²) >= 11 is 0. The Morgan fingerprint density at radius 1 is 1.07 bits per heavy atom. The molecule has 0 aliphatic heterocycles. The maximum atomic E-state index is 11.5. The number of unbranched alkanes of at least 4 members (excludes halogenated alkanes) is 4. The molecule has 0 aromatic rings. The van der Waals surface area contributed by atoms with Crippen molar-refractivity contribution in [2.75, 3.05) is 13.1 Å². The third kappa shape index (κ3) is 7.18. The van der Waals surface area contributed by atoms with Gasteiger partial charge in [0.2, 0.25) is 0 Å². The zero-order valence-electron chi connectivity index (χ0n) is 10.2. The quantitative estimate of drug-likeness (QED) is 0.423. The van der Waals surface area contributed by atoms with Crippen LogP contribution in [0.15, 0.2) is 6.58 Å². The number of rotatable bonds is 9. The van der Waals surface area contributed by atoms with Gasteiger partial charge in [-0.25, -0.2) is 0 Å². The van der Waals surface area contributed by atoms with Crippen molar-refractivity contribution in [3.63, 3.8) is 0 Å². The molecule has 0 saturated carbocycles. The molecule has 0 aliphatic rings. The smallest absolute Gasteiger partial charge is 0.254 e. The van der Waals surface area contributed by atoms with Crippen LogP contribution in [0.5, 0.6) is 0 Å². The average Bonchev–Trinajstić information content (AvgIpc) is 2.26. The fourth-order valence-electron chi connectivity index (χ4n) is 1.53. The molecule has 1 radical (unpaired) electrons. The molecule has 0 saturated heterocycles. The van der Waals surface area contributed by atoms with Crippen molar-refractivity contribution in [2.24, 2.45) is 0 Å². The molecule has 0 unspecified atom stereocenters. The van der Waals surface area contributed by atoms with Crippen molar-refractivity contribution in [2.45, 2.75) is 52.4 Å². The Bertz CT molecular complexity index is 167. The van der Waals surface area contributed by atoms with Crippen LogP contribution < -0.4 is 0 Å². The number of nitrogens with zero attached hydrogens (tertiary/aromatic N) is 1. The number of amides is 1. The molecule has 1 amide bonds. The summed E-state index contributed by atoms with van der Waals surface area (Å²) in [6, 6.07) is 0. The van der Waals surface area contributed by atoms with Gasteiger partial charge in [0.15, 0.2) is 0 Å². The van der Waals surface area contributed by atoms with E-state index in [4.69, 9.17) is 0 Å². The summed E-state index contributed by atoms with van der Waals surface area (Å²) in [5, 5.41) is 0. The molecule has 0 N–H and O–H groups in total. The van der Waals surface area contributed by atoms with Crippen LogP contribution in [-0.4, -0.2) is 23.9 Å². The van der Waals surface area contributed by atoms with E-state index in [0.29, 0.717) is 0 Å². The van der Waals surface area contributed by atoms with Crippen molar-refractivity contribution in [3.05, 3.63) is 12.7 Å². The summed E-state index contributed by atoms with van der Waals surface area (Å²) in [5.74, 6) is -0.0396. The molecule has 0 bridgehead atoms. The minimum absolute atomic E-state index is 0.0396. The molecule has 2 heteroatoms. The number of carbonyl (C=O) groups is 1. The molecular formula is C13H24NO. The molecule has 2 nitrogen and oxygen atoms in total. The van der Waals surface area contributed by atoms with Gasteiger partial charge in [-0.2, -0.15) is 0 Å². The van der Waals surface area contributed by atoms with Crippen molar-refractivity contribution >= 4 is 5.91 Å². The maximum absolute atomic E-state index is 11.5. The van der Waals surface area contributed by atoms with E-state index in [0.717, 1.165) is 25.9 Å². The number of hydrogen-bond donors (Lipinski definition) is 0. The fourth-order valence-corrected chi connectivity index (χ4v) is 1.53. The Morgan fingerprint density at radius 2 is 1.53 bits per heavy atom. The van der Waals surface area contributed by atoms with Gasteiger partial charge in [0.1, 0.15) is 0 Å². The largest absolute Gasteiger partial charge is 0.339 e. The Kier molecular flexibility index (Phi) is 9.24. The van der Waals surface area contributed by atoms with E-state index in [1.165, 1.54) is 25.7 Å². The SMILES string of the molecule is C=[C]C(=O)N(CCCCC)CCCCC. The summed E-state index contributed by atoms with van der Waals surface area (Å²) in [5.41, 5.74) is 0. The molecule has 0 heterocycles. The lowest BCUT2D eigenvalue weighted by atomic mass is 10.2. The summed E-state index contributed by atoms with van der Waals surface area (Å²) in [4.78, 5) is 13.3. The van der Waals surface area contributed by atoms with Crippen LogP contribution in [0.4, 0.5) is 0 Å². The first-order chi connectivity index (χ1) is 7.26. The predicted molar refractivity (Wildman–Crippen MR) is 64.5 cm³/mol. The Morgan fingerprint density at radius 3 is 1.87 bits per heavy atom. The predicted octanol–water partition coefficient (Wildman–Crippen LogP) is 3.18. The van der Waals surface area contributed by atoms with Gasteiger partial charge < -0.3 is 4.90 Å². The normalized spacial score (nSPS) is 10.0. The molecule has 87 valence electrons. The maximum Gasteiger partial charge on any atom is 0.254 e. The lowest BCUT2D eigenvalue weighted by Crippen LogP contribution is -2.31. The van der Waals surface area contributed by atoms with Gasteiger partial charge >= 0.3 is 0 Å². The lowest BCUT2D eigenvalue weighted by Gasteiger charge is -2.20. The molecule has 0 fully saturated rings. The van der Waals surface area contributed by atoms with Crippen molar-refractivity contribution in [3.8, 4) is 0 Å². The minimum Gasteiger partial charge on any atom is -0.339 e. The van der Waals surface area contributed by atoms with Crippen LogP contribution in [0.3, 0.4) is 0 Å². The molecule has 0 rings (SSSR count). The second-order valence-electron chi connectivity index (χ2n) is 3.88. The standard InChI is InChI=1S/C13H24NO/c1-4-7-9-11-14(13(15)6-3)12-10-8-5-2/h3-5,7-12H2,1-2H3. The van der Waals surface area contributed by atoms with Crippen molar-refractivity contribution < 1.29 is 4.79 Å². The number of carbonyl (C=O) groups excluding carboxylic acids is 1. The van der Waals surface area contributed by atoms with Crippen LogP contribution in [0.25, 0.3) is 0 Å². The highest BCUT2D eigenvalue weighted by Crippen LogP contribution is 2.03. The molecule has 0 aromatic heterocycles. The highest BCUT2D eigenvalue weighted by atomic mass is 16.2. The molecule has 0 aromatic carbocycles. The second kappa shape index (κ2) is 9.75. The monoisotopic (exact) mass is 210 g/mol. The van der Waals surface area contributed by atoms with E-state index in [2.05, 4.69) is 26.5 Å². The van der Waals surface area contributed by atoms with Gasteiger partial charge in [0, 0.05) is 19.2 Å². The summed E-state index contributed by atoms with van der Waals surface area (Å²) < 4.78 is 0. The van der Waals surface area contributed by atoms with Gasteiger partial charge in [-0.1, -0.05) is 46.1 Å². The van der Waals surface area contributed by atoms with E-state index in [1.54, 1.807) is 0 Å². The van der Waals surface area contributed by atoms with E-state index in [9.17, 15) is 4.79 Å². The van der Waals surface area contributed by atoms with Gasteiger partial charge in [0.25, 0.3) is 5.91 Å². The van der Waals surface area contributed by atoms with Crippen molar-refractivity contribution in [1.82, 2.24) is 4.90 Å². The fraction of sp³-hybridized carbons (Fsp3) is 0.769. The zero-order valence-corrected chi connectivity index (χ0v) is 10.2. The van der Waals surface area contributed by atoms with E-state index < -0.39 is 0 Å². The second-order valence-corrected chi connectivity index (χ2v) is 3.88. The highest BCUT2D eigenvalue weighted by Gasteiger charge is 2.08. The minimum atomic E-state index is -0.0396. The topological polar surface area (TPSA) is 20.3 Å².